The largest absolute Gasteiger partial charge is 0.406 e. The van der Waals surface area contributed by atoms with Crippen LogP contribution in [0.15, 0.2) is 0 Å². The lowest BCUT2D eigenvalue weighted by molar-refractivity contribution is -0.162. The Labute approximate surface area is 113 Å². The van der Waals surface area contributed by atoms with Crippen LogP contribution in [-0.4, -0.2) is 42.2 Å². The molecule has 114 valence electrons. The van der Waals surface area contributed by atoms with Crippen LogP contribution >= 0.6 is 0 Å². The molecule has 0 saturated carbocycles. The number of carbonyl (C=O) groups is 1. The van der Waals surface area contributed by atoms with Gasteiger partial charge in [-0.05, 0) is 26.7 Å². The molecule has 0 aromatic carbocycles. The first kappa shape index (κ1) is 18.2. The van der Waals surface area contributed by atoms with Gasteiger partial charge in [-0.25, -0.2) is 0 Å². The molecular weight excluding hydrogens is 257 g/mol. The fourth-order valence-corrected chi connectivity index (χ4v) is 1.61. The quantitative estimate of drug-likeness (QED) is 0.812. The zero-order valence-electron chi connectivity index (χ0n) is 12.4. The highest BCUT2D eigenvalue weighted by Gasteiger charge is 2.33. The minimum atomic E-state index is -4.35. The van der Waals surface area contributed by atoms with E-state index in [4.69, 9.17) is 0 Å². The molecule has 0 radical (unpaired) electrons. The van der Waals surface area contributed by atoms with Crippen LogP contribution in [0.2, 0.25) is 0 Å². The number of rotatable bonds is 6. The van der Waals surface area contributed by atoms with Crippen LogP contribution in [-0.2, 0) is 4.79 Å². The van der Waals surface area contributed by atoms with Crippen molar-refractivity contribution >= 4 is 5.91 Å². The van der Waals surface area contributed by atoms with Crippen LogP contribution in [0.4, 0.5) is 13.2 Å². The summed E-state index contributed by atoms with van der Waals surface area (Å²) < 4.78 is 37.3. The highest BCUT2D eigenvalue weighted by molar-refractivity contribution is 5.76. The summed E-state index contributed by atoms with van der Waals surface area (Å²) in [5.41, 5.74) is -0.146. The molecule has 0 bridgehead atoms. The molecule has 0 saturated heterocycles. The molecular formula is C13H25F3N2O. The lowest BCUT2D eigenvalue weighted by Crippen LogP contribution is -2.43. The summed E-state index contributed by atoms with van der Waals surface area (Å²) in [5, 5.41) is 3.10. The van der Waals surface area contributed by atoms with E-state index >= 15 is 0 Å². The molecule has 3 nitrogen and oxygen atoms in total. The number of nitrogens with one attached hydrogen (secondary N) is 1. The van der Waals surface area contributed by atoms with Gasteiger partial charge in [0.2, 0.25) is 5.91 Å². The molecule has 19 heavy (non-hydrogen) atoms. The van der Waals surface area contributed by atoms with E-state index in [-0.39, 0.29) is 24.4 Å². The highest BCUT2D eigenvalue weighted by atomic mass is 19.4. The first-order valence-corrected chi connectivity index (χ1v) is 6.50. The van der Waals surface area contributed by atoms with E-state index in [0.717, 1.165) is 4.90 Å². The van der Waals surface area contributed by atoms with Gasteiger partial charge < -0.3 is 10.2 Å². The minimum Gasteiger partial charge on any atom is -0.333 e. The van der Waals surface area contributed by atoms with Crippen molar-refractivity contribution in [2.45, 2.75) is 52.8 Å². The van der Waals surface area contributed by atoms with Crippen LogP contribution in [0.1, 0.15) is 41.0 Å². The van der Waals surface area contributed by atoms with Gasteiger partial charge >= 0.3 is 6.18 Å². The third kappa shape index (κ3) is 10.8. The lowest BCUT2D eigenvalue weighted by Gasteiger charge is -2.27. The molecule has 0 aliphatic carbocycles. The molecule has 0 aliphatic heterocycles. The van der Waals surface area contributed by atoms with Gasteiger partial charge in [0.05, 0.1) is 0 Å². The Morgan fingerprint density at radius 1 is 1.21 bits per heavy atom. The van der Waals surface area contributed by atoms with Gasteiger partial charge in [0.15, 0.2) is 0 Å². The second kappa shape index (κ2) is 7.12. The Kier molecular flexibility index (Phi) is 6.83. The van der Waals surface area contributed by atoms with Crippen molar-refractivity contribution in [3.8, 4) is 0 Å². The summed E-state index contributed by atoms with van der Waals surface area (Å²) in [4.78, 5) is 12.7. The van der Waals surface area contributed by atoms with Gasteiger partial charge in [0.25, 0.3) is 0 Å². The topological polar surface area (TPSA) is 32.3 Å². The first-order valence-electron chi connectivity index (χ1n) is 6.50. The van der Waals surface area contributed by atoms with Crippen molar-refractivity contribution in [3.05, 3.63) is 0 Å². The average Bonchev–Trinajstić information content (AvgIpc) is 2.11. The van der Waals surface area contributed by atoms with Crippen LogP contribution < -0.4 is 5.32 Å². The van der Waals surface area contributed by atoms with Gasteiger partial charge in [-0.2, -0.15) is 13.2 Å². The van der Waals surface area contributed by atoms with Crippen molar-refractivity contribution in [2.24, 2.45) is 5.92 Å². The van der Waals surface area contributed by atoms with Crippen LogP contribution in [0.5, 0.6) is 0 Å². The maximum Gasteiger partial charge on any atom is 0.406 e. The highest BCUT2D eigenvalue weighted by Crippen LogP contribution is 2.18. The second-order valence-electron chi connectivity index (χ2n) is 6.21. The standard InChI is InChI=1S/C13H25F3N2O/c1-10(2)8-18(9-13(14,15)16)11(19)6-7-17-12(3,4)5/h10,17H,6-9H2,1-5H3. The Balaban J connectivity index is 4.38. The van der Waals surface area contributed by atoms with Gasteiger partial charge in [0.1, 0.15) is 6.54 Å². The monoisotopic (exact) mass is 282 g/mol. The Morgan fingerprint density at radius 2 is 1.74 bits per heavy atom. The molecule has 0 atom stereocenters. The van der Waals surface area contributed by atoms with Crippen molar-refractivity contribution in [2.75, 3.05) is 19.6 Å². The SMILES string of the molecule is CC(C)CN(CC(F)(F)F)C(=O)CCNC(C)(C)C. The van der Waals surface area contributed by atoms with E-state index in [9.17, 15) is 18.0 Å². The summed E-state index contributed by atoms with van der Waals surface area (Å²) >= 11 is 0. The normalized spacial score (nSPS) is 12.9. The summed E-state index contributed by atoms with van der Waals surface area (Å²) in [6.45, 7) is 8.77. The molecule has 6 heteroatoms. The van der Waals surface area contributed by atoms with Gasteiger partial charge in [-0.3, -0.25) is 4.79 Å². The first-order chi connectivity index (χ1) is 8.41. The number of nitrogens with zero attached hydrogens (tertiary/aromatic N) is 1. The molecule has 0 aliphatic rings. The Morgan fingerprint density at radius 3 is 2.11 bits per heavy atom. The molecule has 0 fully saturated rings. The van der Waals surface area contributed by atoms with Crippen LogP contribution in [0.25, 0.3) is 0 Å². The molecule has 1 amide bonds. The molecule has 0 rings (SSSR count). The number of hydrogen-bond donors (Lipinski definition) is 1. The zero-order valence-corrected chi connectivity index (χ0v) is 12.4. The number of carbonyl (C=O) groups excluding carboxylic acids is 1. The smallest absolute Gasteiger partial charge is 0.333 e. The third-order valence-corrected chi connectivity index (χ3v) is 2.30. The predicted octanol–water partition coefficient (Wildman–Crippen LogP) is 2.81. The zero-order chi connectivity index (χ0) is 15.3. The van der Waals surface area contributed by atoms with E-state index in [1.807, 2.05) is 20.8 Å². The van der Waals surface area contributed by atoms with Gasteiger partial charge in [-0.15, -0.1) is 0 Å². The van der Waals surface area contributed by atoms with Crippen LogP contribution in [0, 0.1) is 5.92 Å². The average molecular weight is 282 g/mol. The number of amides is 1. The van der Waals surface area contributed by atoms with E-state index in [1.165, 1.54) is 0 Å². The maximum atomic E-state index is 12.4. The van der Waals surface area contributed by atoms with Crippen molar-refractivity contribution in [1.82, 2.24) is 10.2 Å². The van der Waals surface area contributed by atoms with Crippen molar-refractivity contribution < 1.29 is 18.0 Å². The van der Waals surface area contributed by atoms with E-state index in [0.29, 0.717) is 6.54 Å². The molecule has 0 spiro atoms. The Bertz CT molecular complexity index is 283. The van der Waals surface area contributed by atoms with Gasteiger partial charge in [-0.1, -0.05) is 13.8 Å². The van der Waals surface area contributed by atoms with Crippen LogP contribution in [0.3, 0.4) is 0 Å². The summed E-state index contributed by atoms with van der Waals surface area (Å²) in [6.07, 6.45) is -4.26. The van der Waals surface area contributed by atoms with Gasteiger partial charge in [0, 0.05) is 25.0 Å². The molecule has 1 N–H and O–H groups in total. The van der Waals surface area contributed by atoms with Crippen molar-refractivity contribution in [3.63, 3.8) is 0 Å². The molecule has 0 heterocycles. The maximum absolute atomic E-state index is 12.4. The van der Waals surface area contributed by atoms with E-state index in [1.54, 1.807) is 13.8 Å². The Hall–Kier alpha value is -0.780. The molecule has 0 aromatic rings. The molecule has 0 aromatic heterocycles. The minimum absolute atomic E-state index is 0.0156. The fourth-order valence-electron chi connectivity index (χ4n) is 1.61. The van der Waals surface area contributed by atoms with E-state index in [2.05, 4.69) is 5.32 Å². The number of halogens is 3. The number of alkyl halides is 3. The number of hydrogen-bond acceptors (Lipinski definition) is 2. The van der Waals surface area contributed by atoms with E-state index < -0.39 is 18.6 Å². The summed E-state index contributed by atoms with van der Waals surface area (Å²) in [6, 6.07) is 0. The van der Waals surface area contributed by atoms with Crippen molar-refractivity contribution in [1.29, 1.82) is 0 Å². The predicted molar refractivity (Wildman–Crippen MR) is 69.8 cm³/mol. The summed E-state index contributed by atoms with van der Waals surface area (Å²) in [7, 11) is 0. The third-order valence-electron chi connectivity index (χ3n) is 2.30. The molecule has 0 unspecified atom stereocenters. The summed E-state index contributed by atoms with van der Waals surface area (Å²) in [5.74, 6) is -0.440. The fraction of sp³-hybridized carbons (Fsp3) is 0.923. The second-order valence-corrected chi connectivity index (χ2v) is 6.21. The lowest BCUT2D eigenvalue weighted by atomic mass is 10.1.